The Balaban J connectivity index is 1.75. The van der Waals surface area contributed by atoms with Gasteiger partial charge in [0.1, 0.15) is 0 Å². The number of likely N-dealkylation sites (N-methyl/N-ethyl adjacent to an activating group) is 1. The van der Waals surface area contributed by atoms with Crippen LogP contribution in [-0.2, 0) is 9.59 Å². The topological polar surface area (TPSA) is 64.7 Å². The van der Waals surface area contributed by atoms with Crippen molar-refractivity contribution < 1.29 is 9.59 Å². The van der Waals surface area contributed by atoms with Crippen LogP contribution in [-0.4, -0.2) is 74.0 Å². The average molecular weight is 254 g/mol. The first-order valence-electron chi connectivity index (χ1n) is 6.66. The highest BCUT2D eigenvalue weighted by Crippen LogP contribution is 2.10. The van der Waals surface area contributed by atoms with Crippen LogP contribution in [0.2, 0.25) is 0 Å². The number of carbonyl (C=O) groups is 2. The molecule has 2 saturated heterocycles. The van der Waals surface area contributed by atoms with Gasteiger partial charge >= 0.3 is 0 Å². The summed E-state index contributed by atoms with van der Waals surface area (Å²) in [5.74, 6) is 0.263. The minimum Gasteiger partial charge on any atom is -0.358 e. The van der Waals surface area contributed by atoms with Crippen molar-refractivity contribution in [1.82, 2.24) is 20.4 Å². The molecule has 0 spiro atoms. The van der Waals surface area contributed by atoms with Crippen LogP contribution in [0.3, 0.4) is 0 Å². The first-order chi connectivity index (χ1) is 8.70. The Morgan fingerprint density at radius 1 is 1.28 bits per heavy atom. The van der Waals surface area contributed by atoms with Gasteiger partial charge in [-0.05, 0) is 19.4 Å². The maximum Gasteiger partial charge on any atom is 0.239 e. The van der Waals surface area contributed by atoms with Gasteiger partial charge in [-0.3, -0.25) is 14.5 Å². The molecule has 2 rings (SSSR count). The van der Waals surface area contributed by atoms with Crippen LogP contribution >= 0.6 is 0 Å². The Labute approximate surface area is 108 Å². The van der Waals surface area contributed by atoms with Gasteiger partial charge in [-0.25, -0.2) is 0 Å². The number of hydrogen-bond acceptors (Lipinski definition) is 4. The summed E-state index contributed by atoms with van der Waals surface area (Å²) in [5.41, 5.74) is 0. The van der Waals surface area contributed by atoms with E-state index in [4.69, 9.17) is 0 Å². The van der Waals surface area contributed by atoms with Gasteiger partial charge in [-0.15, -0.1) is 0 Å². The normalized spacial score (nSPS) is 25.2. The fourth-order valence-electron chi connectivity index (χ4n) is 2.52. The molecule has 2 aliphatic rings. The van der Waals surface area contributed by atoms with E-state index in [9.17, 15) is 9.59 Å². The van der Waals surface area contributed by atoms with Crippen LogP contribution in [0.1, 0.15) is 12.8 Å². The Morgan fingerprint density at radius 2 is 2.00 bits per heavy atom. The van der Waals surface area contributed by atoms with E-state index in [1.165, 1.54) is 0 Å². The molecule has 6 heteroatoms. The van der Waals surface area contributed by atoms with Gasteiger partial charge in [0.05, 0.1) is 12.6 Å². The van der Waals surface area contributed by atoms with Crippen molar-refractivity contribution in [3.8, 4) is 0 Å². The minimum atomic E-state index is 0.0236. The Kier molecular flexibility index (Phi) is 4.54. The number of amides is 2. The van der Waals surface area contributed by atoms with Gasteiger partial charge in [0, 0.05) is 33.2 Å². The SMILES string of the molecule is CNC(=O)CN1CCN(C(=O)[C@H]2CCCN2)CC1. The monoisotopic (exact) mass is 254 g/mol. The van der Waals surface area contributed by atoms with Crippen molar-refractivity contribution in [3.63, 3.8) is 0 Å². The molecule has 102 valence electrons. The van der Waals surface area contributed by atoms with Crippen LogP contribution in [0, 0.1) is 0 Å². The average Bonchev–Trinajstić information content (AvgIpc) is 2.92. The number of carbonyl (C=O) groups excluding carboxylic acids is 2. The van der Waals surface area contributed by atoms with Crippen LogP contribution < -0.4 is 10.6 Å². The highest BCUT2D eigenvalue weighted by Gasteiger charge is 2.29. The van der Waals surface area contributed by atoms with Gasteiger partial charge in [-0.2, -0.15) is 0 Å². The molecule has 1 atom stereocenters. The fourth-order valence-corrected chi connectivity index (χ4v) is 2.52. The van der Waals surface area contributed by atoms with Crippen molar-refractivity contribution in [2.45, 2.75) is 18.9 Å². The van der Waals surface area contributed by atoms with E-state index in [0.29, 0.717) is 6.54 Å². The Morgan fingerprint density at radius 3 is 2.56 bits per heavy atom. The molecule has 0 aliphatic carbocycles. The van der Waals surface area contributed by atoms with Gasteiger partial charge in [-0.1, -0.05) is 0 Å². The number of nitrogens with one attached hydrogen (secondary N) is 2. The second kappa shape index (κ2) is 6.15. The predicted molar refractivity (Wildman–Crippen MR) is 68.1 cm³/mol. The van der Waals surface area contributed by atoms with Gasteiger partial charge in [0.25, 0.3) is 0 Å². The number of hydrogen-bond donors (Lipinski definition) is 2. The van der Waals surface area contributed by atoms with E-state index in [0.717, 1.165) is 45.6 Å². The van der Waals surface area contributed by atoms with Crippen molar-refractivity contribution in [3.05, 3.63) is 0 Å². The van der Waals surface area contributed by atoms with E-state index in [1.807, 2.05) is 4.90 Å². The third kappa shape index (κ3) is 3.20. The first kappa shape index (κ1) is 13.3. The standard InChI is InChI=1S/C12H22N4O2/c1-13-11(17)9-15-5-7-16(8-6-15)12(18)10-3-2-4-14-10/h10,14H,2-9H2,1H3,(H,13,17)/t10-/m1/s1. The lowest BCUT2D eigenvalue weighted by molar-refractivity contribution is -0.135. The molecular weight excluding hydrogens is 232 g/mol. The maximum atomic E-state index is 12.2. The second-order valence-corrected chi connectivity index (χ2v) is 4.92. The zero-order valence-corrected chi connectivity index (χ0v) is 10.9. The number of piperazine rings is 1. The zero-order chi connectivity index (χ0) is 13.0. The summed E-state index contributed by atoms with van der Waals surface area (Å²) in [4.78, 5) is 27.4. The van der Waals surface area contributed by atoms with Crippen molar-refractivity contribution in [2.75, 3.05) is 46.3 Å². The molecular formula is C12H22N4O2. The third-order valence-corrected chi connectivity index (χ3v) is 3.69. The molecule has 0 radical (unpaired) electrons. The fraction of sp³-hybridized carbons (Fsp3) is 0.833. The van der Waals surface area contributed by atoms with Gasteiger partial charge in [0.15, 0.2) is 0 Å². The van der Waals surface area contributed by atoms with E-state index in [2.05, 4.69) is 15.5 Å². The zero-order valence-electron chi connectivity index (χ0n) is 10.9. The summed E-state index contributed by atoms with van der Waals surface area (Å²) < 4.78 is 0. The lowest BCUT2D eigenvalue weighted by Crippen LogP contribution is -2.54. The molecule has 2 aliphatic heterocycles. The summed E-state index contributed by atoms with van der Waals surface area (Å²) in [6.45, 7) is 4.41. The summed E-state index contributed by atoms with van der Waals surface area (Å²) >= 11 is 0. The summed E-state index contributed by atoms with van der Waals surface area (Å²) in [5, 5.41) is 5.86. The third-order valence-electron chi connectivity index (χ3n) is 3.69. The van der Waals surface area contributed by atoms with E-state index in [-0.39, 0.29) is 17.9 Å². The van der Waals surface area contributed by atoms with E-state index < -0.39 is 0 Å². The van der Waals surface area contributed by atoms with Gasteiger partial charge in [0.2, 0.25) is 11.8 Å². The number of rotatable bonds is 3. The van der Waals surface area contributed by atoms with Crippen LogP contribution in [0.25, 0.3) is 0 Å². The van der Waals surface area contributed by atoms with Crippen LogP contribution in [0.5, 0.6) is 0 Å². The smallest absolute Gasteiger partial charge is 0.239 e. The summed E-state index contributed by atoms with van der Waals surface area (Å²) in [6.07, 6.45) is 2.05. The summed E-state index contributed by atoms with van der Waals surface area (Å²) in [7, 11) is 1.65. The lowest BCUT2D eigenvalue weighted by Gasteiger charge is -2.35. The molecule has 0 unspecified atom stereocenters. The molecule has 2 amide bonds. The maximum absolute atomic E-state index is 12.2. The highest BCUT2D eigenvalue weighted by atomic mass is 16.2. The molecule has 2 fully saturated rings. The first-order valence-corrected chi connectivity index (χ1v) is 6.66. The van der Waals surface area contributed by atoms with Crippen molar-refractivity contribution in [1.29, 1.82) is 0 Å². The summed E-state index contributed by atoms with van der Waals surface area (Å²) in [6, 6.07) is 0.0236. The molecule has 2 N–H and O–H groups in total. The van der Waals surface area contributed by atoms with E-state index >= 15 is 0 Å². The quantitative estimate of drug-likeness (QED) is 0.652. The van der Waals surface area contributed by atoms with Crippen molar-refractivity contribution >= 4 is 11.8 Å². The van der Waals surface area contributed by atoms with Crippen LogP contribution in [0.15, 0.2) is 0 Å². The molecule has 0 bridgehead atoms. The lowest BCUT2D eigenvalue weighted by atomic mass is 10.2. The molecule has 0 saturated carbocycles. The van der Waals surface area contributed by atoms with Crippen molar-refractivity contribution in [2.24, 2.45) is 0 Å². The van der Waals surface area contributed by atoms with Gasteiger partial charge < -0.3 is 15.5 Å². The van der Waals surface area contributed by atoms with Crippen LogP contribution in [0.4, 0.5) is 0 Å². The molecule has 0 aromatic rings. The Hall–Kier alpha value is -1.14. The highest BCUT2D eigenvalue weighted by molar-refractivity contribution is 5.82. The minimum absolute atomic E-state index is 0.0236. The Bertz CT molecular complexity index is 307. The van der Waals surface area contributed by atoms with E-state index in [1.54, 1.807) is 7.05 Å². The molecule has 0 aromatic heterocycles. The predicted octanol–water partition coefficient (Wildman–Crippen LogP) is -1.37. The molecule has 2 heterocycles. The molecule has 0 aromatic carbocycles. The number of nitrogens with zero attached hydrogens (tertiary/aromatic N) is 2. The largest absolute Gasteiger partial charge is 0.358 e. The molecule has 18 heavy (non-hydrogen) atoms. The molecule has 6 nitrogen and oxygen atoms in total. The second-order valence-electron chi connectivity index (χ2n) is 4.92.